The Bertz CT molecular complexity index is 422. The van der Waals surface area contributed by atoms with E-state index < -0.39 is 11.9 Å². The number of carbonyl (C=O) groups is 1. The van der Waals surface area contributed by atoms with E-state index in [4.69, 9.17) is 16.3 Å². The van der Waals surface area contributed by atoms with Crippen molar-refractivity contribution in [3.63, 3.8) is 0 Å². The molecule has 0 bridgehead atoms. The van der Waals surface area contributed by atoms with Gasteiger partial charge >= 0.3 is 0 Å². The van der Waals surface area contributed by atoms with Crippen LogP contribution in [0.15, 0.2) is 12.1 Å². The number of benzene rings is 1. The summed E-state index contributed by atoms with van der Waals surface area (Å²) < 4.78 is 18.4. The lowest BCUT2D eigenvalue weighted by Crippen LogP contribution is -2.36. The standard InChI is InChI=1S/C10H9ClFNO2/c1-2-8-10(14)13-7-4-6(12)5(11)3-9(7)15-8/h3-4,8H,2H2,1H3,(H,13,14). The summed E-state index contributed by atoms with van der Waals surface area (Å²) in [4.78, 5) is 11.4. The predicted molar refractivity (Wildman–Crippen MR) is 54.7 cm³/mol. The minimum absolute atomic E-state index is 0.0141. The lowest BCUT2D eigenvalue weighted by Gasteiger charge is -2.25. The molecule has 1 aliphatic rings. The molecule has 0 saturated heterocycles. The van der Waals surface area contributed by atoms with Crippen LogP contribution < -0.4 is 10.1 Å². The molecule has 2 rings (SSSR count). The lowest BCUT2D eigenvalue weighted by molar-refractivity contribution is -0.123. The molecule has 0 fully saturated rings. The summed E-state index contributed by atoms with van der Waals surface area (Å²) in [5.74, 6) is -0.422. The first-order chi connectivity index (χ1) is 7.11. The zero-order valence-corrected chi connectivity index (χ0v) is 8.77. The van der Waals surface area contributed by atoms with Crippen molar-refractivity contribution in [1.29, 1.82) is 0 Å². The summed E-state index contributed by atoms with van der Waals surface area (Å²) in [6.07, 6.45) is 0.0271. The van der Waals surface area contributed by atoms with Crippen molar-refractivity contribution in [2.75, 3.05) is 5.32 Å². The molecule has 1 unspecified atom stereocenters. The third-order valence-electron chi connectivity index (χ3n) is 2.21. The molecule has 1 N–H and O–H groups in total. The van der Waals surface area contributed by atoms with E-state index in [1.54, 1.807) is 0 Å². The second-order valence-corrected chi connectivity index (χ2v) is 3.67. The van der Waals surface area contributed by atoms with E-state index in [0.29, 0.717) is 17.9 Å². The Kier molecular flexibility index (Phi) is 2.52. The molecule has 1 aliphatic heterocycles. The summed E-state index contributed by atoms with van der Waals surface area (Å²) in [5.41, 5.74) is 0.326. The maximum absolute atomic E-state index is 13.1. The highest BCUT2D eigenvalue weighted by atomic mass is 35.5. The molecule has 1 aromatic carbocycles. The van der Waals surface area contributed by atoms with Gasteiger partial charge in [0.1, 0.15) is 11.6 Å². The highest BCUT2D eigenvalue weighted by molar-refractivity contribution is 6.31. The van der Waals surface area contributed by atoms with E-state index in [2.05, 4.69) is 5.32 Å². The van der Waals surface area contributed by atoms with Gasteiger partial charge in [-0.25, -0.2) is 4.39 Å². The molecule has 0 spiro atoms. The highest BCUT2D eigenvalue weighted by Crippen LogP contribution is 2.34. The fourth-order valence-electron chi connectivity index (χ4n) is 1.41. The maximum atomic E-state index is 13.1. The van der Waals surface area contributed by atoms with E-state index in [0.717, 1.165) is 6.07 Å². The first kappa shape index (κ1) is 10.2. The normalized spacial score (nSPS) is 19.1. The minimum Gasteiger partial charge on any atom is -0.478 e. The molecular weight excluding hydrogens is 221 g/mol. The molecule has 80 valence electrons. The molecule has 0 radical (unpaired) electrons. The van der Waals surface area contributed by atoms with Crippen molar-refractivity contribution in [3.8, 4) is 5.75 Å². The van der Waals surface area contributed by atoms with E-state index >= 15 is 0 Å². The summed E-state index contributed by atoms with van der Waals surface area (Å²) in [6.45, 7) is 1.83. The molecule has 15 heavy (non-hydrogen) atoms. The van der Waals surface area contributed by atoms with Crippen LogP contribution in [0.1, 0.15) is 13.3 Å². The van der Waals surface area contributed by atoms with Gasteiger partial charge in [0, 0.05) is 12.1 Å². The van der Waals surface area contributed by atoms with Crippen LogP contribution in [0.5, 0.6) is 5.75 Å². The number of hydrogen-bond acceptors (Lipinski definition) is 2. The highest BCUT2D eigenvalue weighted by Gasteiger charge is 2.26. The Balaban J connectivity index is 2.41. The number of nitrogens with one attached hydrogen (secondary N) is 1. The molecule has 0 saturated carbocycles. The number of anilines is 1. The van der Waals surface area contributed by atoms with Gasteiger partial charge in [0.2, 0.25) is 0 Å². The van der Waals surface area contributed by atoms with Gasteiger partial charge in [0.15, 0.2) is 6.10 Å². The average Bonchev–Trinajstić information content (AvgIpc) is 2.20. The smallest absolute Gasteiger partial charge is 0.265 e. The van der Waals surface area contributed by atoms with Gasteiger partial charge in [-0.05, 0) is 6.42 Å². The van der Waals surface area contributed by atoms with Crippen LogP contribution >= 0.6 is 11.6 Å². The van der Waals surface area contributed by atoms with Crippen molar-refractivity contribution in [2.45, 2.75) is 19.4 Å². The molecule has 1 aromatic rings. The molecule has 3 nitrogen and oxygen atoms in total. The van der Waals surface area contributed by atoms with Crippen LogP contribution in [0.25, 0.3) is 0 Å². The first-order valence-corrected chi connectivity index (χ1v) is 4.96. The molecule has 0 aliphatic carbocycles. The summed E-state index contributed by atoms with van der Waals surface area (Å²) in [6, 6.07) is 2.52. The van der Waals surface area contributed by atoms with Crippen molar-refractivity contribution in [3.05, 3.63) is 23.0 Å². The Labute approximate surface area is 91.2 Å². The van der Waals surface area contributed by atoms with Crippen molar-refractivity contribution < 1.29 is 13.9 Å². The molecule has 1 amide bonds. The van der Waals surface area contributed by atoms with Crippen LogP contribution in [0.2, 0.25) is 5.02 Å². The van der Waals surface area contributed by atoms with Crippen LogP contribution in [-0.4, -0.2) is 12.0 Å². The van der Waals surface area contributed by atoms with Crippen molar-refractivity contribution in [1.82, 2.24) is 0 Å². The third-order valence-corrected chi connectivity index (χ3v) is 2.50. The number of halogens is 2. The quantitative estimate of drug-likeness (QED) is 0.804. The Morgan fingerprint density at radius 1 is 1.60 bits per heavy atom. The molecule has 1 heterocycles. The Morgan fingerprint density at radius 3 is 3.00 bits per heavy atom. The number of rotatable bonds is 1. The number of fused-ring (bicyclic) bond motifs is 1. The van der Waals surface area contributed by atoms with Gasteiger partial charge in [-0.15, -0.1) is 0 Å². The SMILES string of the molecule is CCC1Oc2cc(Cl)c(F)cc2NC1=O. The second kappa shape index (κ2) is 3.70. The van der Waals surface area contributed by atoms with Crippen molar-refractivity contribution >= 4 is 23.2 Å². The monoisotopic (exact) mass is 229 g/mol. The zero-order valence-electron chi connectivity index (χ0n) is 8.01. The molecule has 0 aromatic heterocycles. The first-order valence-electron chi connectivity index (χ1n) is 4.58. The molecule has 1 atom stereocenters. The summed E-state index contributed by atoms with van der Waals surface area (Å²) >= 11 is 5.61. The topological polar surface area (TPSA) is 38.3 Å². The molecule has 5 heteroatoms. The van der Waals surface area contributed by atoms with Gasteiger partial charge in [-0.1, -0.05) is 18.5 Å². The number of ether oxygens (including phenoxy) is 1. The van der Waals surface area contributed by atoms with E-state index in [9.17, 15) is 9.18 Å². The van der Waals surface area contributed by atoms with Crippen molar-refractivity contribution in [2.24, 2.45) is 0 Å². The summed E-state index contributed by atoms with van der Waals surface area (Å²) in [5, 5.41) is 2.55. The van der Waals surface area contributed by atoms with Crippen LogP contribution in [0, 0.1) is 5.82 Å². The predicted octanol–water partition coefficient (Wildman–Crippen LogP) is 2.59. The number of amides is 1. The Morgan fingerprint density at radius 2 is 2.33 bits per heavy atom. The van der Waals surface area contributed by atoms with E-state index in [1.807, 2.05) is 6.92 Å². The van der Waals surface area contributed by atoms with Gasteiger partial charge in [0.25, 0.3) is 5.91 Å². The van der Waals surface area contributed by atoms with Crippen LogP contribution in [-0.2, 0) is 4.79 Å². The zero-order chi connectivity index (χ0) is 11.0. The van der Waals surface area contributed by atoms with E-state index in [1.165, 1.54) is 6.07 Å². The largest absolute Gasteiger partial charge is 0.478 e. The lowest BCUT2D eigenvalue weighted by atomic mass is 10.2. The average molecular weight is 230 g/mol. The van der Waals surface area contributed by atoms with E-state index in [-0.39, 0.29) is 10.9 Å². The third kappa shape index (κ3) is 1.77. The fraction of sp³-hybridized carbons (Fsp3) is 0.300. The summed E-state index contributed by atoms with van der Waals surface area (Å²) in [7, 11) is 0. The maximum Gasteiger partial charge on any atom is 0.265 e. The van der Waals surface area contributed by atoms with Crippen LogP contribution in [0.4, 0.5) is 10.1 Å². The number of carbonyl (C=O) groups excluding carboxylic acids is 1. The fourth-order valence-corrected chi connectivity index (χ4v) is 1.57. The van der Waals surface area contributed by atoms with Gasteiger partial charge in [-0.2, -0.15) is 0 Å². The second-order valence-electron chi connectivity index (χ2n) is 3.27. The van der Waals surface area contributed by atoms with Gasteiger partial charge in [-0.3, -0.25) is 4.79 Å². The molecular formula is C10H9ClFNO2. The minimum atomic E-state index is -0.575. The van der Waals surface area contributed by atoms with Crippen LogP contribution in [0.3, 0.4) is 0 Å². The Hall–Kier alpha value is -1.29. The van der Waals surface area contributed by atoms with Gasteiger partial charge in [0.05, 0.1) is 10.7 Å². The van der Waals surface area contributed by atoms with Gasteiger partial charge < -0.3 is 10.1 Å². The number of hydrogen-bond donors (Lipinski definition) is 1.